The van der Waals surface area contributed by atoms with Crippen molar-refractivity contribution in [2.24, 2.45) is 0 Å². The van der Waals surface area contributed by atoms with Crippen LogP contribution in [0.15, 0.2) is 59.1 Å². The van der Waals surface area contributed by atoms with Crippen LogP contribution in [0.2, 0.25) is 0 Å². The van der Waals surface area contributed by atoms with E-state index in [-0.39, 0.29) is 12.5 Å². The van der Waals surface area contributed by atoms with E-state index in [9.17, 15) is 9.59 Å². The molecule has 6 nitrogen and oxygen atoms in total. The van der Waals surface area contributed by atoms with E-state index < -0.39 is 6.09 Å². The van der Waals surface area contributed by atoms with Crippen molar-refractivity contribution >= 4 is 49.4 Å². The second-order valence-electron chi connectivity index (χ2n) is 5.37. The van der Waals surface area contributed by atoms with Crippen molar-refractivity contribution < 1.29 is 14.3 Å². The Labute approximate surface area is 168 Å². The second kappa shape index (κ2) is 8.79. The summed E-state index contributed by atoms with van der Waals surface area (Å²) < 4.78 is 5.78. The number of rotatable bonds is 5. The molecule has 27 heavy (non-hydrogen) atoms. The molecule has 0 spiro atoms. The molecular formula is C19H16BrN3O3S. The van der Waals surface area contributed by atoms with E-state index in [0.717, 1.165) is 10.0 Å². The highest BCUT2D eigenvalue weighted by Crippen LogP contribution is 2.36. The first-order valence-corrected chi connectivity index (χ1v) is 9.74. The predicted molar refractivity (Wildman–Crippen MR) is 110 cm³/mol. The van der Waals surface area contributed by atoms with Gasteiger partial charge in [-0.1, -0.05) is 57.6 Å². The SMILES string of the molecule is CCOC(=O)Nc1nc(-c2ccccc2)c(NC(=O)c2ccc(Br)cc2)s1. The highest BCUT2D eigenvalue weighted by atomic mass is 79.9. The molecule has 1 heterocycles. The maximum atomic E-state index is 12.6. The smallest absolute Gasteiger partial charge is 0.413 e. The van der Waals surface area contributed by atoms with Gasteiger partial charge < -0.3 is 10.1 Å². The third-order valence-corrected chi connectivity index (χ3v) is 4.91. The molecule has 2 N–H and O–H groups in total. The summed E-state index contributed by atoms with van der Waals surface area (Å²) in [7, 11) is 0. The largest absolute Gasteiger partial charge is 0.450 e. The fraction of sp³-hybridized carbons (Fsp3) is 0.105. The van der Waals surface area contributed by atoms with Crippen LogP contribution < -0.4 is 10.6 Å². The van der Waals surface area contributed by atoms with Crippen molar-refractivity contribution in [3.8, 4) is 11.3 Å². The number of benzene rings is 2. The minimum atomic E-state index is -0.586. The summed E-state index contributed by atoms with van der Waals surface area (Å²) in [5, 5.41) is 6.35. The van der Waals surface area contributed by atoms with Crippen LogP contribution in [0.25, 0.3) is 11.3 Å². The third-order valence-electron chi connectivity index (χ3n) is 3.49. The molecule has 2 aromatic carbocycles. The number of nitrogens with zero attached hydrogens (tertiary/aromatic N) is 1. The number of carbonyl (C=O) groups is 2. The zero-order valence-corrected chi connectivity index (χ0v) is 16.8. The molecule has 3 rings (SSSR count). The van der Waals surface area contributed by atoms with Crippen molar-refractivity contribution in [3.05, 3.63) is 64.6 Å². The standard InChI is InChI=1S/C19H16BrN3O3S/c1-2-26-19(25)23-18-21-15(12-6-4-3-5-7-12)17(27-18)22-16(24)13-8-10-14(20)11-9-13/h3-11H,2H2,1H3,(H,22,24)(H,21,23,25). The van der Waals surface area contributed by atoms with Crippen LogP contribution in [-0.4, -0.2) is 23.6 Å². The lowest BCUT2D eigenvalue weighted by atomic mass is 10.1. The van der Waals surface area contributed by atoms with E-state index in [1.165, 1.54) is 11.3 Å². The lowest BCUT2D eigenvalue weighted by molar-refractivity contribution is 0.102. The number of carbonyl (C=O) groups excluding carboxylic acids is 2. The van der Waals surface area contributed by atoms with E-state index in [1.807, 2.05) is 30.3 Å². The summed E-state index contributed by atoms with van der Waals surface area (Å²) in [6, 6.07) is 16.5. The fourth-order valence-electron chi connectivity index (χ4n) is 2.28. The molecule has 0 bridgehead atoms. The Bertz CT molecular complexity index is 943. The van der Waals surface area contributed by atoms with Gasteiger partial charge in [0.2, 0.25) is 0 Å². The average molecular weight is 446 g/mol. The van der Waals surface area contributed by atoms with Gasteiger partial charge in [0.15, 0.2) is 5.13 Å². The summed E-state index contributed by atoms with van der Waals surface area (Å²) in [6.45, 7) is 1.98. The van der Waals surface area contributed by atoms with E-state index in [1.54, 1.807) is 31.2 Å². The fourth-order valence-corrected chi connectivity index (χ4v) is 3.41. The maximum absolute atomic E-state index is 12.6. The van der Waals surface area contributed by atoms with Crippen LogP contribution in [0.4, 0.5) is 14.9 Å². The number of nitrogens with one attached hydrogen (secondary N) is 2. The number of ether oxygens (including phenoxy) is 1. The van der Waals surface area contributed by atoms with E-state index in [2.05, 4.69) is 31.5 Å². The lowest BCUT2D eigenvalue weighted by Crippen LogP contribution is -2.12. The van der Waals surface area contributed by atoms with Gasteiger partial charge in [-0.25, -0.2) is 9.78 Å². The van der Waals surface area contributed by atoms with Gasteiger partial charge in [0.05, 0.1) is 6.61 Å². The highest BCUT2D eigenvalue weighted by molar-refractivity contribution is 9.10. The zero-order chi connectivity index (χ0) is 19.2. The molecule has 0 aliphatic rings. The molecule has 0 saturated carbocycles. The van der Waals surface area contributed by atoms with Crippen molar-refractivity contribution in [1.82, 2.24) is 4.98 Å². The molecular weight excluding hydrogens is 430 g/mol. The van der Waals surface area contributed by atoms with Gasteiger partial charge in [0.1, 0.15) is 10.7 Å². The van der Waals surface area contributed by atoms with Crippen LogP contribution in [0.5, 0.6) is 0 Å². The number of thiazole rings is 1. The molecule has 0 saturated heterocycles. The molecule has 0 aliphatic carbocycles. The normalized spacial score (nSPS) is 10.3. The van der Waals surface area contributed by atoms with Gasteiger partial charge in [0, 0.05) is 15.6 Å². The van der Waals surface area contributed by atoms with Crippen molar-refractivity contribution in [2.75, 3.05) is 17.2 Å². The predicted octanol–water partition coefficient (Wildman–Crippen LogP) is 5.39. The van der Waals surface area contributed by atoms with E-state index in [4.69, 9.17) is 4.74 Å². The van der Waals surface area contributed by atoms with Gasteiger partial charge in [0.25, 0.3) is 5.91 Å². The Morgan fingerprint density at radius 3 is 2.44 bits per heavy atom. The van der Waals surface area contributed by atoms with Gasteiger partial charge >= 0.3 is 6.09 Å². The average Bonchev–Trinajstić information content (AvgIpc) is 3.05. The van der Waals surface area contributed by atoms with Crippen molar-refractivity contribution in [1.29, 1.82) is 0 Å². The minimum Gasteiger partial charge on any atom is -0.450 e. The van der Waals surface area contributed by atoms with Crippen molar-refractivity contribution in [2.45, 2.75) is 6.92 Å². The Balaban J connectivity index is 1.89. The Hall–Kier alpha value is -2.71. The molecule has 138 valence electrons. The van der Waals surface area contributed by atoms with E-state index >= 15 is 0 Å². The van der Waals surface area contributed by atoms with Crippen molar-refractivity contribution in [3.63, 3.8) is 0 Å². The van der Waals surface area contributed by atoms with Gasteiger partial charge in [-0.05, 0) is 31.2 Å². The van der Waals surface area contributed by atoms with Crippen LogP contribution in [0.1, 0.15) is 17.3 Å². The second-order valence-corrected chi connectivity index (χ2v) is 7.28. The van der Waals surface area contributed by atoms with Crippen LogP contribution in [0.3, 0.4) is 0 Å². The molecule has 3 aromatic rings. The monoisotopic (exact) mass is 445 g/mol. The molecule has 8 heteroatoms. The topological polar surface area (TPSA) is 80.3 Å². The number of halogens is 1. The zero-order valence-electron chi connectivity index (χ0n) is 14.4. The Kier molecular flexibility index (Phi) is 6.20. The summed E-state index contributed by atoms with van der Waals surface area (Å²) in [6.07, 6.45) is -0.586. The molecule has 0 radical (unpaired) electrons. The number of hydrogen-bond donors (Lipinski definition) is 2. The Morgan fingerprint density at radius 1 is 1.07 bits per heavy atom. The van der Waals surface area contributed by atoms with Crippen LogP contribution in [-0.2, 0) is 4.74 Å². The van der Waals surface area contributed by atoms with Gasteiger partial charge in [-0.3, -0.25) is 10.1 Å². The number of hydrogen-bond acceptors (Lipinski definition) is 5. The maximum Gasteiger partial charge on any atom is 0.413 e. The van der Waals surface area contributed by atoms with Gasteiger partial charge in [-0.2, -0.15) is 0 Å². The first-order chi connectivity index (χ1) is 13.1. The molecule has 0 atom stereocenters. The summed E-state index contributed by atoms with van der Waals surface area (Å²) in [5.41, 5.74) is 1.93. The lowest BCUT2D eigenvalue weighted by Gasteiger charge is -2.05. The number of amides is 2. The molecule has 0 aliphatic heterocycles. The minimum absolute atomic E-state index is 0.258. The summed E-state index contributed by atoms with van der Waals surface area (Å²) in [4.78, 5) is 28.7. The van der Waals surface area contributed by atoms with Crippen LogP contribution >= 0.6 is 27.3 Å². The van der Waals surface area contributed by atoms with Crippen LogP contribution in [0, 0.1) is 0 Å². The summed E-state index contributed by atoms with van der Waals surface area (Å²) in [5.74, 6) is -0.258. The molecule has 0 fully saturated rings. The number of anilines is 2. The summed E-state index contributed by atoms with van der Waals surface area (Å²) >= 11 is 4.52. The molecule has 1 aromatic heterocycles. The van der Waals surface area contributed by atoms with Gasteiger partial charge in [-0.15, -0.1) is 0 Å². The first kappa shape index (κ1) is 19.1. The number of aromatic nitrogens is 1. The quantitative estimate of drug-likeness (QED) is 0.551. The first-order valence-electron chi connectivity index (χ1n) is 8.13. The van der Waals surface area contributed by atoms with E-state index in [0.29, 0.717) is 21.4 Å². The molecule has 0 unspecified atom stereocenters. The third kappa shape index (κ3) is 4.93. The molecule has 2 amide bonds. The highest BCUT2D eigenvalue weighted by Gasteiger charge is 2.18. The Morgan fingerprint density at radius 2 is 1.78 bits per heavy atom.